The summed E-state index contributed by atoms with van der Waals surface area (Å²) in [6.07, 6.45) is 1.76. The molecule has 0 saturated carbocycles. The fraction of sp³-hybridized carbons (Fsp3) is 0.222. The molecule has 4 heteroatoms. The van der Waals surface area contributed by atoms with Crippen molar-refractivity contribution >= 4 is 17.5 Å². The number of hydrogen-bond acceptors (Lipinski definition) is 2. The lowest BCUT2D eigenvalue weighted by molar-refractivity contribution is -0.114. The Morgan fingerprint density at radius 1 is 0.955 bits per heavy atom. The van der Waals surface area contributed by atoms with Gasteiger partial charge in [-0.25, -0.2) is 0 Å². The number of carbonyl (C=O) groups excluding carboxylic acids is 2. The van der Waals surface area contributed by atoms with Crippen molar-refractivity contribution in [1.82, 2.24) is 5.32 Å². The first-order chi connectivity index (χ1) is 10.6. The number of fused-ring (bicyclic) bond motifs is 1. The van der Waals surface area contributed by atoms with Crippen LogP contribution in [0, 0.1) is 0 Å². The predicted octanol–water partition coefficient (Wildman–Crippen LogP) is 2.54. The van der Waals surface area contributed by atoms with Gasteiger partial charge in [-0.1, -0.05) is 24.3 Å². The van der Waals surface area contributed by atoms with Crippen LogP contribution in [0.2, 0.25) is 0 Å². The second-order valence-corrected chi connectivity index (χ2v) is 5.61. The van der Waals surface area contributed by atoms with Crippen LogP contribution in [-0.4, -0.2) is 17.9 Å². The summed E-state index contributed by atoms with van der Waals surface area (Å²) in [6.45, 7) is 1.46. The van der Waals surface area contributed by atoms with E-state index in [0.717, 1.165) is 12.8 Å². The molecule has 0 fully saturated rings. The zero-order chi connectivity index (χ0) is 15.5. The predicted molar refractivity (Wildman–Crippen MR) is 85.8 cm³/mol. The molecule has 0 atom stereocenters. The molecule has 0 aromatic heterocycles. The van der Waals surface area contributed by atoms with Crippen LogP contribution in [0.3, 0.4) is 0 Å². The zero-order valence-corrected chi connectivity index (χ0v) is 12.4. The van der Waals surface area contributed by atoms with Crippen molar-refractivity contribution < 1.29 is 9.59 Å². The van der Waals surface area contributed by atoms with Crippen molar-refractivity contribution in [2.45, 2.75) is 25.8 Å². The Morgan fingerprint density at radius 2 is 1.55 bits per heavy atom. The molecule has 22 heavy (non-hydrogen) atoms. The molecule has 0 bridgehead atoms. The molecular weight excluding hydrogens is 276 g/mol. The topological polar surface area (TPSA) is 58.2 Å². The van der Waals surface area contributed by atoms with Gasteiger partial charge in [0.05, 0.1) is 0 Å². The van der Waals surface area contributed by atoms with E-state index in [0.29, 0.717) is 11.3 Å². The molecule has 2 amide bonds. The summed E-state index contributed by atoms with van der Waals surface area (Å²) < 4.78 is 0. The highest BCUT2D eigenvalue weighted by Crippen LogP contribution is 2.22. The highest BCUT2D eigenvalue weighted by atomic mass is 16.2. The molecule has 2 aromatic rings. The third-order valence-corrected chi connectivity index (χ3v) is 3.85. The number of hydrogen-bond donors (Lipinski definition) is 2. The molecule has 4 nitrogen and oxygen atoms in total. The van der Waals surface area contributed by atoms with Crippen molar-refractivity contribution in [3.05, 3.63) is 65.2 Å². The lowest BCUT2D eigenvalue weighted by Crippen LogP contribution is -2.35. The van der Waals surface area contributed by atoms with Crippen LogP contribution >= 0.6 is 0 Å². The van der Waals surface area contributed by atoms with Crippen LogP contribution in [0.15, 0.2) is 48.5 Å². The van der Waals surface area contributed by atoms with E-state index in [-0.39, 0.29) is 17.9 Å². The summed E-state index contributed by atoms with van der Waals surface area (Å²) in [5, 5.41) is 5.76. The Kier molecular flexibility index (Phi) is 3.92. The SMILES string of the molecule is CC(=O)Nc1ccc(C(=O)NC2Cc3ccccc3C2)cc1. The van der Waals surface area contributed by atoms with Gasteiger partial charge in [-0.05, 0) is 48.2 Å². The summed E-state index contributed by atoms with van der Waals surface area (Å²) in [5.41, 5.74) is 3.92. The van der Waals surface area contributed by atoms with Crippen molar-refractivity contribution in [2.75, 3.05) is 5.32 Å². The third-order valence-electron chi connectivity index (χ3n) is 3.85. The maximum atomic E-state index is 12.3. The highest BCUT2D eigenvalue weighted by Gasteiger charge is 2.22. The van der Waals surface area contributed by atoms with Crippen LogP contribution in [0.1, 0.15) is 28.4 Å². The van der Waals surface area contributed by atoms with Crippen LogP contribution in [0.4, 0.5) is 5.69 Å². The van der Waals surface area contributed by atoms with Gasteiger partial charge < -0.3 is 10.6 Å². The van der Waals surface area contributed by atoms with Gasteiger partial charge in [-0.2, -0.15) is 0 Å². The lowest BCUT2D eigenvalue weighted by Gasteiger charge is -2.12. The van der Waals surface area contributed by atoms with Gasteiger partial charge >= 0.3 is 0 Å². The molecule has 0 saturated heterocycles. The van der Waals surface area contributed by atoms with E-state index >= 15 is 0 Å². The molecule has 0 radical (unpaired) electrons. The average molecular weight is 294 g/mol. The Morgan fingerprint density at radius 3 is 2.09 bits per heavy atom. The van der Waals surface area contributed by atoms with Gasteiger partial charge in [-0.3, -0.25) is 9.59 Å². The van der Waals surface area contributed by atoms with E-state index in [4.69, 9.17) is 0 Å². The Labute approximate surface area is 129 Å². The van der Waals surface area contributed by atoms with Crippen molar-refractivity contribution in [3.8, 4) is 0 Å². The molecule has 1 aliphatic carbocycles. The first-order valence-electron chi connectivity index (χ1n) is 7.37. The number of amides is 2. The summed E-state index contributed by atoms with van der Waals surface area (Å²) in [4.78, 5) is 23.3. The summed E-state index contributed by atoms with van der Waals surface area (Å²) in [6, 6.07) is 15.4. The van der Waals surface area contributed by atoms with Gasteiger partial charge in [0.25, 0.3) is 5.91 Å². The summed E-state index contributed by atoms with van der Waals surface area (Å²) in [5.74, 6) is -0.201. The number of benzene rings is 2. The average Bonchev–Trinajstić information content (AvgIpc) is 2.89. The van der Waals surface area contributed by atoms with Crippen LogP contribution in [0.5, 0.6) is 0 Å². The van der Waals surface area contributed by atoms with Gasteiger partial charge in [-0.15, -0.1) is 0 Å². The monoisotopic (exact) mass is 294 g/mol. The maximum Gasteiger partial charge on any atom is 0.251 e. The van der Waals surface area contributed by atoms with E-state index in [9.17, 15) is 9.59 Å². The van der Waals surface area contributed by atoms with E-state index in [2.05, 4.69) is 22.8 Å². The molecule has 2 N–H and O–H groups in total. The molecule has 2 aromatic carbocycles. The van der Waals surface area contributed by atoms with Crippen LogP contribution < -0.4 is 10.6 Å². The quantitative estimate of drug-likeness (QED) is 0.914. The molecule has 0 unspecified atom stereocenters. The molecule has 112 valence electrons. The van der Waals surface area contributed by atoms with Crippen LogP contribution in [0.25, 0.3) is 0 Å². The molecule has 0 aliphatic heterocycles. The smallest absolute Gasteiger partial charge is 0.251 e. The fourth-order valence-electron chi connectivity index (χ4n) is 2.84. The fourth-order valence-corrected chi connectivity index (χ4v) is 2.84. The molecule has 0 spiro atoms. The maximum absolute atomic E-state index is 12.3. The molecule has 0 heterocycles. The third kappa shape index (κ3) is 3.17. The number of nitrogens with one attached hydrogen (secondary N) is 2. The second kappa shape index (κ2) is 6.02. The zero-order valence-electron chi connectivity index (χ0n) is 12.4. The van der Waals surface area contributed by atoms with Gasteiger partial charge in [0.15, 0.2) is 0 Å². The van der Waals surface area contributed by atoms with Crippen molar-refractivity contribution in [2.24, 2.45) is 0 Å². The summed E-state index contributed by atoms with van der Waals surface area (Å²) in [7, 11) is 0. The number of rotatable bonds is 3. The molecular formula is C18H18N2O2. The lowest BCUT2D eigenvalue weighted by atomic mass is 10.1. The highest BCUT2D eigenvalue weighted by molar-refractivity contribution is 5.95. The minimum Gasteiger partial charge on any atom is -0.349 e. The number of anilines is 1. The first-order valence-corrected chi connectivity index (χ1v) is 7.37. The first kappa shape index (κ1) is 14.3. The molecule has 1 aliphatic rings. The van der Waals surface area contributed by atoms with E-state index < -0.39 is 0 Å². The van der Waals surface area contributed by atoms with Gasteiger partial charge in [0, 0.05) is 24.2 Å². The van der Waals surface area contributed by atoms with Crippen molar-refractivity contribution in [1.29, 1.82) is 0 Å². The Hall–Kier alpha value is -2.62. The second-order valence-electron chi connectivity index (χ2n) is 5.61. The number of carbonyl (C=O) groups is 2. The van der Waals surface area contributed by atoms with Gasteiger partial charge in [0.1, 0.15) is 0 Å². The van der Waals surface area contributed by atoms with E-state index in [1.165, 1.54) is 18.1 Å². The van der Waals surface area contributed by atoms with Crippen LogP contribution in [-0.2, 0) is 17.6 Å². The van der Waals surface area contributed by atoms with Gasteiger partial charge in [0.2, 0.25) is 5.91 Å². The van der Waals surface area contributed by atoms with E-state index in [1.807, 2.05) is 12.1 Å². The largest absolute Gasteiger partial charge is 0.349 e. The van der Waals surface area contributed by atoms with E-state index in [1.54, 1.807) is 24.3 Å². The minimum absolute atomic E-state index is 0.0767. The molecule has 3 rings (SSSR count). The van der Waals surface area contributed by atoms with Crippen molar-refractivity contribution in [3.63, 3.8) is 0 Å². The Balaban J connectivity index is 1.62. The Bertz CT molecular complexity index is 682. The minimum atomic E-state index is -0.124. The summed E-state index contributed by atoms with van der Waals surface area (Å²) >= 11 is 0. The normalized spacial score (nSPS) is 13.5. The standard InChI is InChI=1S/C18H18N2O2/c1-12(21)19-16-8-6-13(7-9-16)18(22)20-17-10-14-4-2-3-5-15(14)11-17/h2-9,17H,10-11H2,1H3,(H,19,21)(H,20,22).